The molecule has 0 radical (unpaired) electrons. The van der Waals surface area contributed by atoms with Gasteiger partial charge < -0.3 is 0 Å². The number of hydrogen-bond donors (Lipinski definition) is 0. The summed E-state index contributed by atoms with van der Waals surface area (Å²) in [5, 5.41) is 0.120. The van der Waals surface area contributed by atoms with Crippen LogP contribution in [0.15, 0.2) is 47.6 Å². The van der Waals surface area contributed by atoms with Gasteiger partial charge in [-0.2, -0.15) is 0 Å². The molecule has 2 aliphatic rings. The van der Waals surface area contributed by atoms with Crippen LogP contribution in [0, 0.1) is 0 Å². The van der Waals surface area contributed by atoms with E-state index in [0.717, 1.165) is 12.8 Å². The van der Waals surface area contributed by atoms with E-state index < -0.39 is 0 Å². The molecule has 0 aromatic carbocycles. The fourth-order valence-electron chi connectivity index (χ4n) is 1.54. The van der Waals surface area contributed by atoms with E-state index in [1.807, 2.05) is 0 Å². The molecule has 62 valence electrons. The van der Waals surface area contributed by atoms with Crippen LogP contribution in [-0.2, 0) is 0 Å². The zero-order valence-corrected chi connectivity index (χ0v) is 7.59. The first-order valence-corrected chi connectivity index (χ1v) is 4.67. The lowest BCUT2D eigenvalue weighted by Gasteiger charge is -2.11. The summed E-state index contributed by atoms with van der Waals surface area (Å²) in [7, 11) is 0. The maximum absolute atomic E-state index is 6.28. The van der Waals surface area contributed by atoms with Gasteiger partial charge in [-0.25, -0.2) is 0 Å². The summed E-state index contributed by atoms with van der Waals surface area (Å²) in [4.78, 5) is 0. The van der Waals surface area contributed by atoms with Crippen molar-refractivity contribution in [1.82, 2.24) is 0 Å². The highest BCUT2D eigenvalue weighted by molar-refractivity contribution is 6.24. The van der Waals surface area contributed by atoms with Crippen molar-refractivity contribution in [2.45, 2.75) is 18.2 Å². The second-order valence-corrected chi connectivity index (χ2v) is 3.55. The highest BCUT2D eigenvalue weighted by Crippen LogP contribution is 2.29. The van der Waals surface area contributed by atoms with Crippen LogP contribution in [0.1, 0.15) is 12.8 Å². The second kappa shape index (κ2) is 3.32. The molecule has 0 saturated carbocycles. The highest BCUT2D eigenvalue weighted by Gasteiger charge is 2.16. The molecule has 12 heavy (non-hydrogen) atoms. The fourth-order valence-corrected chi connectivity index (χ4v) is 1.87. The lowest BCUT2D eigenvalue weighted by molar-refractivity contribution is 1.03. The molecule has 0 spiro atoms. The Morgan fingerprint density at radius 1 is 1.00 bits per heavy atom. The Bertz CT molecular complexity index is 262. The van der Waals surface area contributed by atoms with Crippen molar-refractivity contribution < 1.29 is 0 Å². The number of hydrogen-bond acceptors (Lipinski definition) is 0. The molecule has 0 aromatic heterocycles. The van der Waals surface area contributed by atoms with Gasteiger partial charge in [-0.15, -0.1) is 11.6 Å². The van der Waals surface area contributed by atoms with Gasteiger partial charge in [0.2, 0.25) is 0 Å². The summed E-state index contributed by atoms with van der Waals surface area (Å²) in [5.41, 5.74) is 2.65. The van der Waals surface area contributed by atoms with Crippen LogP contribution in [0.3, 0.4) is 0 Å². The molecule has 0 saturated heterocycles. The number of halogens is 1. The molecule has 0 aliphatic heterocycles. The van der Waals surface area contributed by atoms with E-state index in [1.54, 1.807) is 0 Å². The summed E-state index contributed by atoms with van der Waals surface area (Å²) in [6, 6.07) is 0. The van der Waals surface area contributed by atoms with Crippen molar-refractivity contribution in [3.63, 3.8) is 0 Å². The molecule has 0 aromatic rings. The van der Waals surface area contributed by atoms with Gasteiger partial charge in [0.15, 0.2) is 0 Å². The van der Waals surface area contributed by atoms with Gasteiger partial charge in [-0.1, -0.05) is 36.5 Å². The highest BCUT2D eigenvalue weighted by atomic mass is 35.5. The molecule has 0 N–H and O–H groups in total. The molecule has 0 nitrogen and oxygen atoms in total. The largest absolute Gasteiger partial charge is 0.113 e. The fraction of sp³-hybridized carbons (Fsp3) is 0.273. The van der Waals surface area contributed by atoms with Crippen molar-refractivity contribution in [2.24, 2.45) is 0 Å². The standard InChI is InChI=1S/C11H11Cl/c12-11(9-5-1-2-6-9)10-7-3-4-8-10/h1-5,7,11H,6,8H2. The van der Waals surface area contributed by atoms with Gasteiger partial charge in [0, 0.05) is 0 Å². The van der Waals surface area contributed by atoms with Crippen LogP contribution >= 0.6 is 11.6 Å². The predicted molar refractivity (Wildman–Crippen MR) is 53.3 cm³/mol. The lowest BCUT2D eigenvalue weighted by Crippen LogP contribution is -2.03. The van der Waals surface area contributed by atoms with Crippen molar-refractivity contribution >= 4 is 11.6 Å². The van der Waals surface area contributed by atoms with Crippen LogP contribution in [-0.4, -0.2) is 5.38 Å². The number of allylic oxidation sites excluding steroid dienone is 8. The zero-order valence-electron chi connectivity index (χ0n) is 6.83. The van der Waals surface area contributed by atoms with Crippen LogP contribution in [0.4, 0.5) is 0 Å². The number of alkyl halides is 1. The third-order valence-electron chi connectivity index (χ3n) is 2.25. The first-order chi connectivity index (χ1) is 5.88. The van der Waals surface area contributed by atoms with Crippen LogP contribution in [0.5, 0.6) is 0 Å². The first kappa shape index (κ1) is 7.88. The third kappa shape index (κ3) is 1.39. The van der Waals surface area contributed by atoms with Crippen molar-refractivity contribution in [1.29, 1.82) is 0 Å². The Hall–Kier alpha value is -0.750. The molecule has 2 rings (SSSR count). The zero-order chi connectivity index (χ0) is 8.39. The maximum atomic E-state index is 6.28. The van der Waals surface area contributed by atoms with E-state index in [2.05, 4.69) is 36.5 Å². The minimum atomic E-state index is 0.120. The van der Waals surface area contributed by atoms with Gasteiger partial charge in [0.1, 0.15) is 0 Å². The molecule has 0 unspecified atom stereocenters. The Morgan fingerprint density at radius 3 is 1.83 bits per heavy atom. The Labute approximate surface area is 77.9 Å². The summed E-state index contributed by atoms with van der Waals surface area (Å²) in [6.45, 7) is 0. The Kier molecular flexibility index (Phi) is 2.18. The van der Waals surface area contributed by atoms with E-state index >= 15 is 0 Å². The monoisotopic (exact) mass is 178 g/mol. The van der Waals surface area contributed by atoms with Gasteiger partial charge >= 0.3 is 0 Å². The first-order valence-electron chi connectivity index (χ1n) is 4.23. The van der Waals surface area contributed by atoms with Gasteiger partial charge in [0.05, 0.1) is 5.38 Å². The summed E-state index contributed by atoms with van der Waals surface area (Å²) < 4.78 is 0. The average molecular weight is 179 g/mol. The van der Waals surface area contributed by atoms with E-state index in [0.29, 0.717) is 0 Å². The lowest BCUT2D eigenvalue weighted by atomic mass is 10.0. The summed E-state index contributed by atoms with van der Waals surface area (Å²) in [5.74, 6) is 0. The molecule has 0 atom stereocenters. The molecule has 0 bridgehead atoms. The van der Waals surface area contributed by atoms with E-state index in [4.69, 9.17) is 11.6 Å². The number of rotatable bonds is 2. The van der Waals surface area contributed by atoms with Crippen molar-refractivity contribution in [3.05, 3.63) is 47.6 Å². The normalized spacial score (nSPS) is 20.5. The summed E-state index contributed by atoms with van der Waals surface area (Å²) in [6.07, 6.45) is 14.7. The van der Waals surface area contributed by atoms with Gasteiger partial charge in [-0.05, 0) is 24.0 Å². The Balaban J connectivity index is 2.05. The topological polar surface area (TPSA) is 0 Å². The van der Waals surface area contributed by atoms with Crippen LogP contribution in [0.2, 0.25) is 0 Å². The Morgan fingerprint density at radius 2 is 1.50 bits per heavy atom. The molecule has 2 aliphatic carbocycles. The third-order valence-corrected chi connectivity index (χ3v) is 2.81. The van der Waals surface area contributed by atoms with Crippen LogP contribution < -0.4 is 0 Å². The second-order valence-electron chi connectivity index (χ2n) is 3.11. The van der Waals surface area contributed by atoms with Gasteiger partial charge in [0.25, 0.3) is 0 Å². The van der Waals surface area contributed by atoms with Crippen LogP contribution in [0.25, 0.3) is 0 Å². The van der Waals surface area contributed by atoms with E-state index in [1.165, 1.54) is 11.1 Å². The quantitative estimate of drug-likeness (QED) is 0.569. The van der Waals surface area contributed by atoms with E-state index in [9.17, 15) is 0 Å². The summed E-state index contributed by atoms with van der Waals surface area (Å²) >= 11 is 6.28. The molecular weight excluding hydrogens is 168 g/mol. The predicted octanol–water partition coefficient (Wildman–Crippen LogP) is 3.37. The molecule has 0 fully saturated rings. The van der Waals surface area contributed by atoms with Crippen molar-refractivity contribution in [2.75, 3.05) is 0 Å². The molecule has 0 heterocycles. The molecule has 1 heteroatoms. The van der Waals surface area contributed by atoms with Gasteiger partial charge in [-0.3, -0.25) is 0 Å². The minimum absolute atomic E-state index is 0.120. The molecular formula is C11H11Cl. The SMILES string of the molecule is ClC(C1=CC=CC1)C1=CC=CC1. The van der Waals surface area contributed by atoms with Crippen molar-refractivity contribution in [3.8, 4) is 0 Å². The smallest absolute Gasteiger partial charge is 0.0767 e. The molecule has 0 amide bonds. The maximum Gasteiger partial charge on any atom is 0.0767 e. The average Bonchev–Trinajstić information content (AvgIpc) is 2.77. The minimum Gasteiger partial charge on any atom is -0.113 e. The van der Waals surface area contributed by atoms with E-state index in [-0.39, 0.29) is 5.38 Å².